The van der Waals surface area contributed by atoms with Gasteiger partial charge in [-0.1, -0.05) is 28.1 Å². The molecule has 0 spiro atoms. The molecule has 4 heteroatoms. The van der Waals surface area contributed by atoms with Crippen molar-refractivity contribution >= 4 is 32.2 Å². The van der Waals surface area contributed by atoms with E-state index in [1.165, 1.54) is 0 Å². The van der Waals surface area contributed by atoms with E-state index in [1.807, 2.05) is 54.6 Å². The summed E-state index contributed by atoms with van der Waals surface area (Å²) in [5, 5.41) is 4.38. The molecule has 2 aromatic carbocycles. The van der Waals surface area contributed by atoms with Gasteiger partial charge in [-0.3, -0.25) is 9.19 Å². The topological polar surface area (TPSA) is 42.0 Å². The number of rotatable bonds is 3. The van der Waals surface area contributed by atoms with E-state index < -0.39 is 9.93 Å². The van der Waals surface area contributed by atoms with Crippen LogP contribution >= 0.6 is 0 Å². The van der Waals surface area contributed by atoms with Gasteiger partial charge in [0.05, 0.1) is 5.52 Å². The predicted molar refractivity (Wildman–Crippen MR) is 91.1 cm³/mol. The van der Waals surface area contributed by atoms with Crippen molar-refractivity contribution in [2.24, 2.45) is 0 Å². The summed E-state index contributed by atoms with van der Waals surface area (Å²) >= 11 is 0. The molecule has 3 rings (SSSR count). The fourth-order valence-corrected chi connectivity index (χ4v) is 3.13. The van der Waals surface area contributed by atoms with Crippen LogP contribution in [0.15, 0.2) is 65.7 Å². The molecule has 0 radical (unpaired) electrons. The number of para-hydroxylation sites is 1. The number of hydrogen-bond donors (Lipinski definition) is 2. The highest BCUT2D eigenvalue weighted by Crippen LogP contribution is 2.28. The molecule has 3 aromatic rings. The first kappa shape index (κ1) is 13.8. The van der Waals surface area contributed by atoms with Gasteiger partial charge in [0.25, 0.3) is 0 Å². The van der Waals surface area contributed by atoms with Gasteiger partial charge in [-0.25, -0.2) is 0 Å². The third-order valence-electron chi connectivity index (χ3n) is 3.40. The van der Waals surface area contributed by atoms with E-state index in [0.29, 0.717) is 0 Å². The third kappa shape index (κ3) is 2.95. The van der Waals surface area contributed by atoms with Gasteiger partial charge in [0.15, 0.2) is 0 Å². The van der Waals surface area contributed by atoms with Gasteiger partial charge >= 0.3 is 0 Å². The largest absolute Gasteiger partial charge is 0.355 e. The van der Waals surface area contributed by atoms with Crippen molar-refractivity contribution in [2.45, 2.75) is 4.90 Å². The third-order valence-corrected chi connectivity index (χ3v) is 4.92. The first-order valence-electron chi connectivity index (χ1n) is 6.80. The molecule has 0 aliphatic heterocycles. The lowest BCUT2D eigenvalue weighted by molar-refractivity contribution is 0.678. The van der Waals surface area contributed by atoms with Gasteiger partial charge in [-0.15, -0.1) is 0 Å². The molecule has 1 N–H and O–H groups in total. The Balaban J connectivity index is 2.12. The summed E-state index contributed by atoms with van der Waals surface area (Å²) in [7, 11) is -2.28. The van der Waals surface area contributed by atoms with Crippen LogP contribution in [0.2, 0.25) is 0 Å². The van der Waals surface area contributed by atoms with Crippen LogP contribution in [0, 0.1) is 0 Å². The Hall–Kier alpha value is -2.20. The molecule has 0 saturated heterocycles. The number of hydrogen-bond acceptors (Lipinski definition) is 3. The maximum Gasteiger partial charge on any atom is 0.0723 e. The Morgan fingerprint density at radius 2 is 1.76 bits per heavy atom. The highest BCUT2D eigenvalue weighted by molar-refractivity contribution is 8.01. The summed E-state index contributed by atoms with van der Waals surface area (Å²) in [5.41, 5.74) is 2.89. The Morgan fingerprint density at radius 1 is 1.00 bits per heavy atom. The van der Waals surface area contributed by atoms with Crippen molar-refractivity contribution in [2.75, 3.05) is 17.8 Å². The second-order valence-corrected chi connectivity index (χ2v) is 8.62. The molecule has 0 bridgehead atoms. The number of nitrogens with one attached hydrogen (secondary N) is 1. The molecular formula is C17H18N2OS. The zero-order chi connectivity index (χ0) is 14.9. The number of nitrogens with zero attached hydrogens (tertiary/aromatic N) is 1. The molecule has 0 amide bonds. The smallest absolute Gasteiger partial charge is 0.0723 e. The van der Waals surface area contributed by atoms with Crippen molar-refractivity contribution in [3.63, 3.8) is 0 Å². The van der Waals surface area contributed by atoms with E-state index in [9.17, 15) is 4.21 Å². The zero-order valence-electron chi connectivity index (χ0n) is 12.1. The maximum absolute atomic E-state index is 12.3. The molecule has 1 aromatic heterocycles. The number of benzene rings is 2. The average molecular weight is 298 g/mol. The Kier molecular flexibility index (Phi) is 3.47. The minimum absolute atomic E-state index is 0.874. The van der Waals surface area contributed by atoms with Crippen LogP contribution in [0.4, 0.5) is 11.4 Å². The van der Waals surface area contributed by atoms with E-state index in [1.54, 1.807) is 18.7 Å². The second-order valence-electron chi connectivity index (χ2n) is 5.40. The summed E-state index contributed by atoms with van der Waals surface area (Å²) in [6.07, 6.45) is 5.36. The van der Waals surface area contributed by atoms with E-state index in [4.69, 9.17) is 0 Å². The Morgan fingerprint density at radius 3 is 2.48 bits per heavy atom. The summed E-state index contributed by atoms with van der Waals surface area (Å²) in [6, 6.07) is 17.7. The number of anilines is 2. The van der Waals surface area contributed by atoms with E-state index in [0.717, 1.165) is 27.2 Å². The first-order chi connectivity index (χ1) is 10.0. The highest BCUT2D eigenvalue weighted by Gasteiger charge is 2.09. The van der Waals surface area contributed by atoms with E-state index in [-0.39, 0.29) is 0 Å². The first-order valence-corrected chi connectivity index (χ1v) is 9.40. The Labute approximate surface area is 125 Å². The van der Waals surface area contributed by atoms with Crippen molar-refractivity contribution < 1.29 is 4.21 Å². The van der Waals surface area contributed by atoms with E-state index >= 15 is 0 Å². The number of fused-ring (bicyclic) bond motifs is 1. The summed E-state index contributed by atoms with van der Waals surface area (Å²) in [5.74, 6) is 0. The minimum Gasteiger partial charge on any atom is -0.355 e. The molecule has 0 fully saturated rings. The molecule has 0 saturated carbocycles. The molecule has 21 heavy (non-hydrogen) atoms. The standard InChI is InChI=1S/C17H18N2OS/c1-21(2,20)14-8-9-16-15(12-14)17(10-11-18-16)19-13-6-4-3-5-7-13/h3-12,21H,1-2H3,(H,18,19). The monoisotopic (exact) mass is 298 g/mol. The van der Waals surface area contributed by atoms with Crippen molar-refractivity contribution in [3.05, 3.63) is 60.8 Å². The molecule has 0 aliphatic carbocycles. The second kappa shape index (κ2) is 5.30. The summed E-state index contributed by atoms with van der Waals surface area (Å²) in [4.78, 5) is 5.25. The highest BCUT2D eigenvalue weighted by atomic mass is 32.2. The van der Waals surface area contributed by atoms with Crippen LogP contribution < -0.4 is 5.32 Å². The van der Waals surface area contributed by atoms with Gasteiger partial charge in [-0.05, 0) is 48.9 Å². The lowest BCUT2D eigenvalue weighted by Gasteiger charge is -2.15. The van der Waals surface area contributed by atoms with Gasteiger partial charge in [-0.2, -0.15) is 0 Å². The van der Waals surface area contributed by atoms with Crippen LogP contribution in [0.5, 0.6) is 0 Å². The van der Waals surface area contributed by atoms with Crippen molar-refractivity contribution in [1.82, 2.24) is 4.98 Å². The number of pyridine rings is 1. The lowest BCUT2D eigenvalue weighted by Crippen LogP contribution is -2.06. The van der Waals surface area contributed by atoms with Crippen LogP contribution in [-0.2, 0) is 9.93 Å². The van der Waals surface area contributed by atoms with Gasteiger partial charge in [0.1, 0.15) is 0 Å². The zero-order valence-corrected chi connectivity index (χ0v) is 13.0. The van der Waals surface area contributed by atoms with E-state index in [2.05, 4.69) is 10.3 Å². The predicted octanol–water partition coefficient (Wildman–Crippen LogP) is 3.61. The molecule has 1 heterocycles. The molecule has 0 unspecified atom stereocenters. The SMILES string of the molecule is C[SH](C)(=O)c1ccc2nccc(Nc3ccccc3)c2c1. The fraction of sp³-hybridized carbons (Fsp3) is 0.118. The molecule has 0 aliphatic rings. The summed E-state index contributed by atoms with van der Waals surface area (Å²) < 4.78 is 12.3. The van der Waals surface area contributed by atoms with Gasteiger partial charge in [0.2, 0.25) is 0 Å². The quantitative estimate of drug-likeness (QED) is 0.726. The molecule has 3 nitrogen and oxygen atoms in total. The van der Waals surface area contributed by atoms with Crippen molar-refractivity contribution in [1.29, 1.82) is 0 Å². The fourth-order valence-electron chi connectivity index (χ4n) is 2.26. The average Bonchev–Trinajstić information content (AvgIpc) is 2.47. The van der Waals surface area contributed by atoms with Gasteiger partial charge in [0, 0.05) is 27.9 Å². The molecular weight excluding hydrogens is 280 g/mol. The van der Waals surface area contributed by atoms with Crippen molar-refractivity contribution in [3.8, 4) is 0 Å². The lowest BCUT2D eigenvalue weighted by atomic mass is 10.2. The molecule has 0 atom stereocenters. The normalized spacial score (nSPS) is 12.3. The summed E-state index contributed by atoms with van der Waals surface area (Å²) in [6.45, 7) is 0. The minimum atomic E-state index is -2.28. The van der Waals surface area contributed by atoms with Crippen LogP contribution in [0.1, 0.15) is 0 Å². The van der Waals surface area contributed by atoms with Crippen LogP contribution in [0.3, 0.4) is 0 Å². The number of thiol groups is 1. The number of aromatic nitrogens is 1. The van der Waals surface area contributed by atoms with Gasteiger partial charge < -0.3 is 5.32 Å². The Bertz CT molecular complexity index is 825. The molecule has 108 valence electrons. The van der Waals surface area contributed by atoms with Crippen LogP contribution in [0.25, 0.3) is 10.9 Å². The maximum atomic E-state index is 12.3. The van der Waals surface area contributed by atoms with Crippen LogP contribution in [-0.4, -0.2) is 21.7 Å².